The van der Waals surface area contributed by atoms with Gasteiger partial charge in [-0.1, -0.05) is 23.2 Å². The normalized spacial score (nSPS) is 9.83. The molecule has 0 saturated heterocycles. The van der Waals surface area contributed by atoms with Gasteiger partial charge in [-0.25, -0.2) is 14.8 Å². The van der Waals surface area contributed by atoms with Gasteiger partial charge >= 0.3 is 5.97 Å². The second-order valence-electron chi connectivity index (χ2n) is 1.84. The van der Waals surface area contributed by atoms with Gasteiger partial charge in [0.05, 0.1) is 0 Å². The molecule has 12 heavy (non-hydrogen) atoms. The van der Waals surface area contributed by atoms with Gasteiger partial charge in [0.25, 0.3) is 0 Å². The summed E-state index contributed by atoms with van der Waals surface area (Å²) >= 11 is 10.8. The van der Waals surface area contributed by atoms with E-state index >= 15 is 0 Å². The van der Waals surface area contributed by atoms with Gasteiger partial charge in [0.15, 0.2) is 21.8 Å². The van der Waals surface area contributed by atoms with Crippen LogP contribution in [-0.2, 0) is 0 Å². The Morgan fingerprint density at radius 3 is 2.33 bits per heavy atom. The lowest BCUT2D eigenvalue weighted by Crippen LogP contribution is -2.08. The van der Waals surface area contributed by atoms with Crippen LogP contribution in [0.15, 0.2) is 0 Å². The van der Waals surface area contributed by atoms with Crippen molar-refractivity contribution in [1.29, 1.82) is 0 Å². The number of nitrogens with two attached hydrogens (primary N) is 1. The second kappa shape index (κ2) is 3.12. The van der Waals surface area contributed by atoms with Crippen LogP contribution in [0.1, 0.15) is 10.5 Å². The number of rotatable bonds is 1. The first-order valence-corrected chi connectivity index (χ1v) is 3.49. The van der Waals surface area contributed by atoms with E-state index in [9.17, 15) is 4.79 Å². The quantitative estimate of drug-likeness (QED) is 0.720. The summed E-state index contributed by atoms with van der Waals surface area (Å²) in [4.78, 5) is 17.3. The SMILES string of the molecule is Nc1nc(Cl)c(Cl)nc1C(=O)O. The van der Waals surface area contributed by atoms with E-state index in [0.29, 0.717) is 0 Å². The molecular weight excluding hydrogens is 205 g/mol. The van der Waals surface area contributed by atoms with E-state index in [1.54, 1.807) is 0 Å². The minimum absolute atomic E-state index is 0.112. The first-order valence-electron chi connectivity index (χ1n) is 2.74. The number of hydrogen-bond acceptors (Lipinski definition) is 4. The van der Waals surface area contributed by atoms with Crippen molar-refractivity contribution in [3.05, 3.63) is 16.0 Å². The fourth-order valence-corrected chi connectivity index (χ4v) is 0.824. The summed E-state index contributed by atoms with van der Waals surface area (Å²) in [6.07, 6.45) is 0. The maximum Gasteiger partial charge on any atom is 0.358 e. The van der Waals surface area contributed by atoms with Crippen molar-refractivity contribution < 1.29 is 9.90 Å². The van der Waals surface area contributed by atoms with Gasteiger partial charge in [0, 0.05) is 0 Å². The molecule has 0 fully saturated rings. The molecule has 1 aromatic rings. The Morgan fingerprint density at radius 1 is 1.33 bits per heavy atom. The van der Waals surface area contributed by atoms with E-state index in [0.717, 1.165) is 0 Å². The predicted molar refractivity (Wildman–Crippen MR) is 43.4 cm³/mol. The fourth-order valence-electron chi connectivity index (χ4n) is 0.564. The molecule has 3 N–H and O–H groups in total. The molecule has 0 aromatic carbocycles. The van der Waals surface area contributed by atoms with E-state index in [4.69, 9.17) is 34.0 Å². The second-order valence-corrected chi connectivity index (χ2v) is 2.56. The minimum atomic E-state index is -1.29. The number of carboxylic acid groups (broad SMARTS) is 1. The lowest BCUT2D eigenvalue weighted by Gasteiger charge is -1.99. The summed E-state index contributed by atoms with van der Waals surface area (Å²) in [5, 5.41) is 8.21. The fraction of sp³-hybridized carbons (Fsp3) is 0. The van der Waals surface area contributed by atoms with Crippen LogP contribution in [0.5, 0.6) is 0 Å². The zero-order chi connectivity index (χ0) is 9.30. The molecule has 0 aliphatic carbocycles. The minimum Gasteiger partial charge on any atom is -0.476 e. The molecule has 1 heterocycles. The lowest BCUT2D eigenvalue weighted by atomic mass is 10.4. The Bertz CT molecular complexity index is 342. The molecule has 0 unspecified atom stereocenters. The van der Waals surface area contributed by atoms with Gasteiger partial charge in [0.2, 0.25) is 0 Å². The van der Waals surface area contributed by atoms with Crippen LogP contribution in [0.3, 0.4) is 0 Å². The number of anilines is 1. The molecule has 0 spiro atoms. The van der Waals surface area contributed by atoms with Gasteiger partial charge in [0.1, 0.15) is 0 Å². The molecule has 5 nitrogen and oxygen atoms in total. The van der Waals surface area contributed by atoms with Crippen LogP contribution in [0.25, 0.3) is 0 Å². The average molecular weight is 208 g/mol. The molecule has 0 aliphatic rings. The van der Waals surface area contributed by atoms with Crippen LogP contribution < -0.4 is 5.73 Å². The van der Waals surface area contributed by atoms with Crippen LogP contribution in [0.2, 0.25) is 10.3 Å². The van der Waals surface area contributed by atoms with Crippen molar-refractivity contribution in [1.82, 2.24) is 9.97 Å². The number of carboxylic acids is 1. The van der Waals surface area contributed by atoms with Crippen molar-refractivity contribution >= 4 is 35.0 Å². The van der Waals surface area contributed by atoms with E-state index in [1.165, 1.54) is 0 Å². The third kappa shape index (κ3) is 1.57. The zero-order valence-corrected chi connectivity index (χ0v) is 7.10. The Labute approximate surface area is 77.1 Å². The summed E-state index contributed by atoms with van der Waals surface area (Å²) in [5.74, 6) is -1.55. The molecule has 0 atom stereocenters. The summed E-state index contributed by atoms with van der Waals surface area (Å²) in [7, 11) is 0. The smallest absolute Gasteiger partial charge is 0.358 e. The molecule has 64 valence electrons. The van der Waals surface area contributed by atoms with Crippen LogP contribution >= 0.6 is 23.2 Å². The number of carbonyl (C=O) groups is 1. The summed E-state index contributed by atoms with van der Waals surface area (Å²) in [6, 6.07) is 0. The van der Waals surface area contributed by atoms with Crippen molar-refractivity contribution in [2.75, 3.05) is 5.73 Å². The van der Waals surface area contributed by atoms with Gasteiger partial charge in [-0.05, 0) is 0 Å². The standard InChI is InChI=1S/C5H3Cl2N3O2/c6-2-3(7)10-4(8)1(9-2)5(11)12/h(H2,8,10)(H,11,12). The Hall–Kier alpha value is -1.07. The van der Waals surface area contributed by atoms with E-state index in [1.807, 2.05) is 0 Å². The van der Waals surface area contributed by atoms with Gasteiger partial charge in [-0.2, -0.15) is 0 Å². The van der Waals surface area contributed by atoms with E-state index in [2.05, 4.69) is 9.97 Å². The Morgan fingerprint density at radius 2 is 1.83 bits per heavy atom. The van der Waals surface area contributed by atoms with Gasteiger partial charge in [-0.3, -0.25) is 0 Å². The molecule has 1 rings (SSSR count). The highest BCUT2D eigenvalue weighted by Gasteiger charge is 2.14. The van der Waals surface area contributed by atoms with E-state index in [-0.39, 0.29) is 16.1 Å². The van der Waals surface area contributed by atoms with Crippen molar-refractivity contribution in [2.45, 2.75) is 0 Å². The Kier molecular flexibility index (Phi) is 2.35. The van der Waals surface area contributed by atoms with Crippen molar-refractivity contribution in [2.24, 2.45) is 0 Å². The number of halogens is 2. The highest BCUT2D eigenvalue weighted by atomic mass is 35.5. The molecule has 0 bridgehead atoms. The number of nitrogen functional groups attached to an aromatic ring is 1. The molecule has 7 heteroatoms. The maximum absolute atomic E-state index is 10.4. The number of aromatic carboxylic acids is 1. The molecular formula is C5H3Cl2N3O2. The van der Waals surface area contributed by atoms with Crippen LogP contribution in [0.4, 0.5) is 5.82 Å². The molecule has 0 aliphatic heterocycles. The molecule has 0 radical (unpaired) electrons. The maximum atomic E-state index is 10.4. The summed E-state index contributed by atoms with van der Waals surface area (Å²) in [5.41, 5.74) is 4.79. The first kappa shape index (κ1) is 9.02. The highest BCUT2D eigenvalue weighted by molar-refractivity contribution is 6.40. The summed E-state index contributed by atoms with van der Waals surface area (Å²) < 4.78 is 0. The predicted octanol–water partition coefficient (Wildman–Crippen LogP) is 1.06. The molecule has 1 aromatic heterocycles. The highest BCUT2D eigenvalue weighted by Crippen LogP contribution is 2.19. The van der Waals surface area contributed by atoms with Crippen LogP contribution in [0, 0.1) is 0 Å². The van der Waals surface area contributed by atoms with Crippen molar-refractivity contribution in [3.8, 4) is 0 Å². The van der Waals surface area contributed by atoms with Gasteiger partial charge < -0.3 is 10.8 Å². The lowest BCUT2D eigenvalue weighted by molar-refractivity contribution is 0.0691. The average Bonchev–Trinajstić information content (AvgIpc) is 1.96. The van der Waals surface area contributed by atoms with Gasteiger partial charge in [-0.15, -0.1) is 0 Å². The number of aromatic nitrogens is 2. The first-order chi connectivity index (χ1) is 5.52. The summed E-state index contributed by atoms with van der Waals surface area (Å²) in [6.45, 7) is 0. The monoisotopic (exact) mass is 207 g/mol. The topological polar surface area (TPSA) is 89.1 Å². The van der Waals surface area contributed by atoms with Crippen molar-refractivity contribution in [3.63, 3.8) is 0 Å². The molecule has 0 saturated carbocycles. The number of nitrogens with zero attached hydrogens (tertiary/aromatic N) is 2. The zero-order valence-electron chi connectivity index (χ0n) is 5.58. The largest absolute Gasteiger partial charge is 0.476 e. The third-order valence-electron chi connectivity index (χ3n) is 1.04. The Balaban J connectivity index is 3.33. The third-order valence-corrected chi connectivity index (χ3v) is 1.67. The number of hydrogen-bond donors (Lipinski definition) is 2. The molecule has 0 amide bonds. The van der Waals surface area contributed by atoms with Crippen LogP contribution in [-0.4, -0.2) is 21.0 Å². The van der Waals surface area contributed by atoms with E-state index < -0.39 is 11.7 Å².